The second-order valence-electron chi connectivity index (χ2n) is 6.93. The molecular weight excluding hydrogens is 376 g/mol. The van der Waals surface area contributed by atoms with Gasteiger partial charge in [-0.1, -0.05) is 12.1 Å². The number of nitrogens with one attached hydrogen (secondary N) is 1. The van der Waals surface area contributed by atoms with Gasteiger partial charge in [-0.15, -0.1) is 0 Å². The molecular formula is C20H18F4N2O2. The number of hydrogen-bond acceptors (Lipinski definition) is 4. The van der Waals surface area contributed by atoms with Crippen molar-refractivity contribution in [3.63, 3.8) is 0 Å². The summed E-state index contributed by atoms with van der Waals surface area (Å²) in [6, 6.07) is 9.88. The molecule has 0 spiro atoms. The molecule has 1 unspecified atom stereocenters. The molecule has 2 aliphatic rings. The van der Waals surface area contributed by atoms with Gasteiger partial charge < -0.3 is 9.64 Å². The second kappa shape index (κ2) is 7.09. The minimum absolute atomic E-state index is 0.277. The van der Waals surface area contributed by atoms with Crippen LogP contribution in [0.25, 0.3) is 11.1 Å². The SMILES string of the molecule is O=C(OC1NCc2cc(-c3ccc(F)cc3N3CCCC3)ccc21)C(F)(F)F. The number of carbonyl (C=O) groups is 1. The van der Waals surface area contributed by atoms with E-state index in [0.717, 1.165) is 48.3 Å². The molecule has 2 aromatic rings. The number of fused-ring (bicyclic) bond motifs is 1. The number of anilines is 1. The lowest BCUT2D eigenvalue weighted by Crippen LogP contribution is -2.30. The molecule has 148 valence electrons. The number of esters is 1. The highest BCUT2D eigenvalue weighted by molar-refractivity contribution is 5.80. The zero-order valence-electron chi connectivity index (χ0n) is 14.9. The zero-order chi connectivity index (χ0) is 19.9. The van der Waals surface area contributed by atoms with Gasteiger partial charge >= 0.3 is 12.1 Å². The van der Waals surface area contributed by atoms with Crippen molar-refractivity contribution in [1.29, 1.82) is 0 Å². The largest absolute Gasteiger partial charge is 0.490 e. The number of carbonyl (C=O) groups excluding carboxylic acids is 1. The average Bonchev–Trinajstić information content (AvgIpc) is 3.31. The standard InChI is InChI=1S/C20H18F4N2O2/c21-14-4-6-15(17(10-14)26-7-1-2-8-26)12-3-5-16-13(9-12)11-25-18(16)28-19(27)20(22,23)24/h3-6,9-10,18,25H,1-2,7-8,11H2. The molecule has 0 bridgehead atoms. The quantitative estimate of drug-likeness (QED) is 0.623. The molecule has 8 heteroatoms. The first-order chi connectivity index (χ1) is 13.3. The fraction of sp³-hybridized carbons (Fsp3) is 0.350. The first-order valence-corrected chi connectivity index (χ1v) is 9.02. The van der Waals surface area contributed by atoms with Crippen LogP contribution >= 0.6 is 0 Å². The topological polar surface area (TPSA) is 41.6 Å². The summed E-state index contributed by atoms with van der Waals surface area (Å²) < 4.78 is 55.7. The maximum Gasteiger partial charge on any atom is 0.490 e. The van der Waals surface area contributed by atoms with Crippen LogP contribution in [0.2, 0.25) is 0 Å². The molecule has 4 rings (SSSR count). The number of nitrogens with zero attached hydrogens (tertiary/aromatic N) is 1. The molecule has 1 fully saturated rings. The van der Waals surface area contributed by atoms with E-state index in [4.69, 9.17) is 0 Å². The van der Waals surface area contributed by atoms with Crippen LogP contribution in [0.3, 0.4) is 0 Å². The summed E-state index contributed by atoms with van der Waals surface area (Å²) in [5.41, 5.74) is 3.75. The maximum atomic E-state index is 13.8. The molecule has 0 amide bonds. The van der Waals surface area contributed by atoms with Crippen molar-refractivity contribution >= 4 is 11.7 Å². The van der Waals surface area contributed by atoms with Gasteiger partial charge in [0.25, 0.3) is 0 Å². The fourth-order valence-electron chi connectivity index (χ4n) is 3.74. The van der Waals surface area contributed by atoms with Crippen LogP contribution in [0.4, 0.5) is 23.2 Å². The number of ether oxygens (including phenoxy) is 1. The van der Waals surface area contributed by atoms with Crippen LogP contribution in [-0.2, 0) is 16.1 Å². The summed E-state index contributed by atoms with van der Waals surface area (Å²) in [5, 5.41) is 2.77. The first kappa shape index (κ1) is 18.7. The van der Waals surface area contributed by atoms with Crippen LogP contribution in [0.1, 0.15) is 30.2 Å². The van der Waals surface area contributed by atoms with E-state index in [0.29, 0.717) is 5.56 Å². The minimum Gasteiger partial charge on any atom is -0.436 e. The van der Waals surface area contributed by atoms with Gasteiger partial charge in [0.15, 0.2) is 6.23 Å². The molecule has 0 aromatic heterocycles. The van der Waals surface area contributed by atoms with E-state index < -0.39 is 18.4 Å². The van der Waals surface area contributed by atoms with E-state index in [2.05, 4.69) is 15.0 Å². The Kier molecular flexibility index (Phi) is 4.74. The lowest BCUT2D eigenvalue weighted by Gasteiger charge is -2.22. The molecule has 0 radical (unpaired) electrons. The molecule has 4 nitrogen and oxygen atoms in total. The average molecular weight is 394 g/mol. The van der Waals surface area contributed by atoms with Crippen LogP contribution in [0.15, 0.2) is 36.4 Å². The summed E-state index contributed by atoms with van der Waals surface area (Å²) >= 11 is 0. The number of rotatable bonds is 3. The predicted molar refractivity (Wildman–Crippen MR) is 95.0 cm³/mol. The summed E-state index contributed by atoms with van der Waals surface area (Å²) in [4.78, 5) is 13.3. The Bertz CT molecular complexity index is 908. The smallest absolute Gasteiger partial charge is 0.436 e. The van der Waals surface area contributed by atoms with Crippen LogP contribution in [-0.4, -0.2) is 25.2 Å². The van der Waals surface area contributed by atoms with Gasteiger partial charge in [0.2, 0.25) is 0 Å². The van der Waals surface area contributed by atoms with Crippen molar-refractivity contribution < 1.29 is 27.1 Å². The Labute approximate surface area is 159 Å². The number of halogens is 4. The maximum absolute atomic E-state index is 13.8. The van der Waals surface area contributed by atoms with Crippen molar-refractivity contribution in [2.75, 3.05) is 18.0 Å². The van der Waals surface area contributed by atoms with Gasteiger partial charge in [0, 0.05) is 36.4 Å². The molecule has 2 aliphatic heterocycles. The molecule has 1 atom stereocenters. The number of benzene rings is 2. The van der Waals surface area contributed by atoms with Gasteiger partial charge in [-0.2, -0.15) is 13.2 Å². The summed E-state index contributed by atoms with van der Waals surface area (Å²) in [7, 11) is 0. The first-order valence-electron chi connectivity index (χ1n) is 9.02. The van der Waals surface area contributed by atoms with Crippen molar-refractivity contribution in [3.8, 4) is 11.1 Å². The normalized spacial score (nSPS) is 19.0. The number of hydrogen-bond donors (Lipinski definition) is 1. The number of alkyl halides is 3. The molecule has 1 N–H and O–H groups in total. The van der Waals surface area contributed by atoms with E-state index in [1.165, 1.54) is 12.1 Å². The zero-order valence-corrected chi connectivity index (χ0v) is 14.9. The van der Waals surface area contributed by atoms with E-state index in [1.54, 1.807) is 18.2 Å². The van der Waals surface area contributed by atoms with E-state index in [9.17, 15) is 22.4 Å². The van der Waals surface area contributed by atoms with Crippen LogP contribution in [0.5, 0.6) is 0 Å². The van der Waals surface area contributed by atoms with Gasteiger partial charge in [0.05, 0.1) is 0 Å². The molecule has 0 saturated carbocycles. The predicted octanol–water partition coefficient (Wildman–Crippen LogP) is 4.30. The van der Waals surface area contributed by atoms with Gasteiger partial charge in [0.1, 0.15) is 5.82 Å². The summed E-state index contributed by atoms with van der Waals surface area (Å²) in [6.07, 6.45) is -4.07. The third kappa shape index (κ3) is 3.56. The second-order valence-corrected chi connectivity index (χ2v) is 6.93. The highest BCUT2D eigenvalue weighted by Gasteiger charge is 2.43. The fourth-order valence-corrected chi connectivity index (χ4v) is 3.74. The molecule has 2 heterocycles. The van der Waals surface area contributed by atoms with Crippen molar-refractivity contribution in [3.05, 3.63) is 53.3 Å². The van der Waals surface area contributed by atoms with Gasteiger partial charge in [-0.05, 0) is 48.2 Å². The van der Waals surface area contributed by atoms with E-state index >= 15 is 0 Å². The molecule has 2 aromatic carbocycles. The summed E-state index contributed by atoms with van der Waals surface area (Å²) in [6.45, 7) is 2.00. The van der Waals surface area contributed by atoms with Gasteiger partial charge in [-0.25, -0.2) is 9.18 Å². The Morgan fingerprint density at radius 1 is 1.11 bits per heavy atom. The van der Waals surface area contributed by atoms with E-state index in [1.807, 2.05) is 6.07 Å². The molecule has 28 heavy (non-hydrogen) atoms. The highest BCUT2D eigenvalue weighted by atomic mass is 19.4. The molecule has 0 aliphatic carbocycles. The molecule has 1 saturated heterocycles. The lowest BCUT2D eigenvalue weighted by molar-refractivity contribution is -0.206. The third-order valence-electron chi connectivity index (χ3n) is 5.08. The Morgan fingerprint density at radius 2 is 1.86 bits per heavy atom. The van der Waals surface area contributed by atoms with E-state index in [-0.39, 0.29) is 12.4 Å². The Hall–Kier alpha value is -2.61. The Balaban J connectivity index is 1.63. The van der Waals surface area contributed by atoms with Crippen LogP contribution in [0, 0.1) is 5.82 Å². The lowest BCUT2D eigenvalue weighted by atomic mass is 9.98. The van der Waals surface area contributed by atoms with Gasteiger partial charge in [-0.3, -0.25) is 5.32 Å². The summed E-state index contributed by atoms with van der Waals surface area (Å²) in [5.74, 6) is -2.54. The Morgan fingerprint density at radius 3 is 2.57 bits per heavy atom. The minimum atomic E-state index is -5.04. The van der Waals surface area contributed by atoms with Crippen LogP contribution < -0.4 is 10.2 Å². The van der Waals surface area contributed by atoms with Crippen molar-refractivity contribution in [1.82, 2.24) is 5.32 Å². The monoisotopic (exact) mass is 394 g/mol. The third-order valence-corrected chi connectivity index (χ3v) is 5.08. The van der Waals surface area contributed by atoms with Crippen molar-refractivity contribution in [2.45, 2.75) is 31.8 Å². The highest BCUT2D eigenvalue weighted by Crippen LogP contribution is 2.37. The van der Waals surface area contributed by atoms with Crippen molar-refractivity contribution in [2.24, 2.45) is 0 Å².